The van der Waals surface area contributed by atoms with E-state index in [1.165, 1.54) is 0 Å². The maximum atomic E-state index is 9.73. The number of ether oxygens (including phenoxy) is 4. The zero-order valence-electron chi connectivity index (χ0n) is 24.4. The molecule has 4 aromatic rings. The van der Waals surface area contributed by atoms with Gasteiger partial charge in [0, 0.05) is 61.8 Å². The van der Waals surface area contributed by atoms with Gasteiger partial charge in [-0.3, -0.25) is 9.98 Å². The zero-order chi connectivity index (χ0) is 29.3. The number of para-hydroxylation sites is 2. The number of aliphatic imine (C=N–C) groups is 1. The molecule has 2 heterocycles. The molecule has 5 rings (SSSR count). The Bertz CT molecular complexity index is 1500. The summed E-state index contributed by atoms with van der Waals surface area (Å²) in [5.74, 6) is 3.32. The second kappa shape index (κ2) is 14.0. The van der Waals surface area contributed by atoms with E-state index >= 15 is 0 Å². The molecule has 1 aromatic heterocycles. The fraction of sp³-hybridized carbons (Fsp3) is 0.333. The highest BCUT2D eigenvalue weighted by molar-refractivity contribution is 6.03. The van der Waals surface area contributed by atoms with E-state index in [0.29, 0.717) is 35.4 Å². The normalized spacial score (nSPS) is 14.3. The molecule has 1 fully saturated rings. The molecule has 9 nitrogen and oxygen atoms in total. The van der Waals surface area contributed by atoms with Crippen LogP contribution in [-0.2, 0) is 0 Å². The van der Waals surface area contributed by atoms with Crippen LogP contribution in [0.25, 0.3) is 10.9 Å². The Balaban J connectivity index is 1.33. The molecule has 220 valence electrons. The molecule has 0 amide bonds. The van der Waals surface area contributed by atoms with Gasteiger partial charge in [-0.1, -0.05) is 12.1 Å². The minimum Gasteiger partial charge on any atom is -0.493 e. The number of hydrogen-bond donors (Lipinski definition) is 2. The van der Waals surface area contributed by atoms with Crippen LogP contribution in [0.3, 0.4) is 0 Å². The van der Waals surface area contributed by atoms with E-state index in [4.69, 9.17) is 23.9 Å². The molecule has 42 heavy (non-hydrogen) atoms. The van der Waals surface area contributed by atoms with Crippen LogP contribution in [0.5, 0.6) is 28.7 Å². The minimum atomic E-state index is -0.159. The summed E-state index contributed by atoms with van der Waals surface area (Å²) < 4.78 is 23.3. The molecule has 0 radical (unpaired) electrons. The van der Waals surface area contributed by atoms with E-state index in [-0.39, 0.29) is 6.10 Å². The number of aromatic nitrogens is 1. The van der Waals surface area contributed by atoms with Crippen molar-refractivity contribution in [1.29, 1.82) is 0 Å². The van der Waals surface area contributed by atoms with Crippen molar-refractivity contribution < 1.29 is 24.1 Å². The smallest absolute Gasteiger partial charge is 0.169 e. The van der Waals surface area contributed by atoms with Gasteiger partial charge < -0.3 is 34.3 Å². The van der Waals surface area contributed by atoms with Crippen molar-refractivity contribution in [3.63, 3.8) is 0 Å². The third kappa shape index (κ3) is 7.10. The highest BCUT2D eigenvalue weighted by atomic mass is 16.5. The summed E-state index contributed by atoms with van der Waals surface area (Å²) in [6, 6.07) is 19.2. The van der Waals surface area contributed by atoms with Crippen molar-refractivity contribution in [2.24, 2.45) is 4.99 Å². The van der Waals surface area contributed by atoms with E-state index < -0.39 is 0 Å². The fourth-order valence-corrected chi connectivity index (χ4v) is 5.06. The minimum absolute atomic E-state index is 0.159. The number of benzene rings is 3. The predicted octanol–water partition coefficient (Wildman–Crippen LogP) is 6.06. The number of anilines is 2. The molecule has 0 aliphatic carbocycles. The standard InChI is InChI=1S/C33H38N4O5/c1-34-21-23-22-35-28-20-32(41-18-6-15-37-16-13-25(38)14-17-37)31(40-3)19-27(28)33(23)36-24-9-11-26(12-10-24)42-30-8-5-4-7-29(30)39-2/h4-5,7-12,19-22,25,38H,6,13-18H2,1-3H3,(H,35,36). The Morgan fingerprint density at radius 1 is 0.976 bits per heavy atom. The molecule has 9 heteroatoms. The van der Waals surface area contributed by atoms with Gasteiger partial charge in [-0.15, -0.1) is 0 Å². The Morgan fingerprint density at radius 2 is 1.71 bits per heavy atom. The number of fused-ring (bicyclic) bond motifs is 1. The van der Waals surface area contributed by atoms with E-state index in [9.17, 15) is 5.11 Å². The number of nitrogens with zero attached hydrogens (tertiary/aromatic N) is 3. The van der Waals surface area contributed by atoms with Gasteiger partial charge in [-0.2, -0.15) is 0 Å². The van der Waals surface area contributed by atoms with Crippen molar-refractivity contribution >= 4 is 28.5 Å². The highest BCUT2D eigenvalue weighted by Gasteiger charge is 2.17. The first-order valence-electron chi connectivity index (χ1n) is 14.2. The third-order valence-electron chi connectivity index (χ3n) is 7.30. The SMILES string of the molecule is CN=Cc1cnc2cc(OCCCN3CCC(O)CC3)c(OC)cc2c1Nc1ccc(Oc2ccccc2OC)cc1. The number of methoxy groups -OCH3 is 2. The molecule has 1 aliphatic rings. The number of pyridine rings is 1. The topological polar surface area (TPSA) is 97.7 Å². The molecule has 0 atom stereocenters. The van der Waals surface area contributed by atoms with Crippen LogP contribution < -0.4 is 24.3 Å². The van der Waals surface area contributed by atoms with E-state index in [1.54, 1.807) is 33.7 Å². The van der Waals surface area contributed by atoms with Gasteiger partial charge in [0.25, 0.3) is 0 Å². The van der Waals surface area contributed by atoms with Gasteiger partial charge >= 0.3 is 0 Å². The van der Waals surface area contributed by atoms with Gasteiger partial charge in [0.05, 0.1) is 38.1 Å². The maximum Gasteiger partial charge on any atom is 0.169 e. The molecule has 0 saturated carbocycles. The third-order valence-corrected chi connectivity index (χ3v) is 7.30. The van der Waals surface area contributed by atoms with Crippen molar-refractivity contribution in [1.82, 2.24) is 9.88 Å². The number of aliphatic hydroxyl groups is 1. The van der Waals surface area contributed by atoms with Crippen LogP contribution in [-0.4, -0.2) is 74.8 Å². The summed E-state index contributed by atoms with van der Waals surface area (Å²) in [7, 11) is 5.01. The summed E-state index contributed by atoms with van der Waals surface area (Å²) in [6.07, 6.45) is 6.00. The second-order valence-electron chi connectivity index (χ2n) is 10.2. The van der Waals surface area contributed by atoms with Crippen LogP contribution >= 0.6 is 0 Å². The van der Waals surface area contributed by atoms with E-state index in [2.05, 4.69) is 15.2 Å². The zero-order valence-corrected chi connectivity index (χ0v) is 24.4. The number of piperidine rings is 1. The van der Waals surface area contributed by atoms with Crippen LogP contribution in [0.4, 0.5) is 11.4 Å². The lowest BCUT2D eigenvalue weighted by molar-refractivity contribution is 0.0799. The summed E-state index contributed by atoms with van der Waals surface area (Å²) in [4.78, 5) is 11.3. The number of nitrogens with one attached hydrogen (secondary N) is 1. The van der Waals surface area contributed by atoms with Gasteiger partial charge in [0.2, 0.25) is 0 Å². The number of likely N-dealkylation sites (tertiary alicyclic amines) is 1. The fourth-order valence-electron chi connectivity index (χ4n) is 5.06. The van der Waals surface area contributed by atoms with E-state index in [0.717, 1.165) is 66.7 Å². The molecule has 0 bridgehead atoms. The molecular formula is C33H38N4O5. The lowest BCUT2D eigenvalue weighted by Crippen LogP contribution is -2.36. The van der Waals surface area contributed by atoms with Gasteiger partial charge in [-0.25, -0.2) is 0 Å². The molecule has 0 unspecified atom stereocenters. The largest absolute Gasteiger partial charge is 0.493 e. The molecule has 0 spiro atoms. The van der Waals surface area contributed by atoms with Gasteiger partial charge in [-0.05, 0) is 61.7 Å². The molecule has 1 aliphatic heterocycles. The number of aliphatic hydroxyl groups excluding tert-OH is 1. The van der Waals surface area contributed by atoms with Gasteiger partial charge in [0.1, 0.15) is 5.75 Å². The number of hydrogen-bond acceptors (Lipinski definition) is 9. The number of rotatable bonds is 12. The first kappa shape index (κ1) is 29.2. The Morgan fingerprint density at radius 3 is 2.43 bits per heavy atom. The van der Waals surface area contributed by atoms with Crippen LogP contribution in [0, 0.1) is 0 Å². The maximum absolute atomic E-state index is 9.73. The van der Waals surface area contributed by atoms with Crippen LogP contribution in [0.2, 0.25) is 0 Å². The van der Waals surface area contributed by atoms with Crippen LogP contribution in [0.15, 0.2) is 71.9 Å². The Hall–Kier alpha value is -4.34. The average Bonchev–Trinajstić information content (AvgIpc) is 3.02. The highest BCUT2D eigenvalue weighted by Crippen LogP contribution is 2.38. The second-order valence-corrected chi connectivity index (χ2v) is 10.2. The van der Waals surface area contributed by atoms with E-state index in [1.807, 2.05) is 60.7 Å². The lowest BCUT2D eigenvalue weighted by atomic mass is 10.1. The van der Waals surface area contributed by atoms with Crippen LogP contribution in [0.1, 0.15) is 24.8 Å². The summed E-state index contributed by atoms with van der Waals surface area (Å²) in [5, 5.41) is 14.2. The summed E-state index contributed by atoms with van der Waals surface area (Å²) in [5.41, 5.74) is 3.37. The van der Waals surface area contributed by atoms with Crippen molar-refractivity contribution in [2.75, 3.05) is 52.8 Å². The van der Waals surface area contributed by atoms with Crippen molar-refractivity contribution in [3.05, 3.63) is 72.4 Å². The Kier molecular flexibility index (Phi) is 9.74. The monoisotopic (exact) mass is 570 g/mol. The first-order chi connectivity index (χ1) is 20.6. The molecular weight excluding hydrogens is 532 g/mol. The van der Waals surface area contributed by atoms with Crippen molar-refractivity contribution in [3.8, 4) is 28.7 Å². The quantitative estimate of drug-likeness (QED) is 0.157. The Labute approximate surface area is 246 Å². The van der Waals surface area contributed by atoms with Crippen molar-refractivity contribution in [2.45, 2.75) is 25.4 Å². The first-order valence-corrected chi connectivity index (χ1v) is 14.2. The molecule has 2 N–H and O–H groups in total. The molecule has 3 aromatic carbocycles. The van der Waals surface area contributed by atoms with Gasteiger partial charge in [0.15, 0.2) is 23.0 Å². The summed E-state index contributed by atoms with van der Waals surface area (Å²) in [6.45, 7) is 3.37. The summed E-state index contributed by atoms with van der Waals surface area (Å²) >= 11 is 0. The molecule has 1 saturated heterocycles. The predicted molar refractivity (Wildman–Crippen MR) is 166 cm³/mol. The lowest BCUT2D eigenvalue weighted by Gasteiger charge is -2.29. The average molecular weight is 571 g/mol.